The first-order valence-electron chi connectivity index (χ1n) is 5.50. The van der Waals surface area contributed by atoms with E-state index >= 15 is 0 Å². The molecule has 1 rings (SSSR count). The molecule has 0 fully saturated rings. The number of rotatable bonds is 3. The van der Waals surface area contributed by atoms with Crippen molar-refractivity contribution in [2.45, 2.75) is 20.8 Å². The molecule has 0 saturated carbocycles. The summed E-state index contributed by atoms with van der Waals surface area (Å²) in [5.74, 6) is 0. The summed E-state index contributed by atoms with van der Waals surface area (Å²) in [6, 6.07) is 6.01. The van der Waals surface area contributed by atoms with Crippen LogP contribution in [0.5, 0.6) is 0 Å². The molecule has 0 bridgehead atoms. The van der Waals surface area contributed by atoms with Crippen molar-refractivity contribution in [3.63, 3.8) is 0 Å². The highest BCUT2D eigenvalue weighted by molar-refractivity contribution is 14.1. The van der Waals surface area contributed by atoms with Gasteiger partial charge in [0, 0.05) is 14.8 Å². The molecular formula is C15H18IN. The topological polar surface area (TPSA) is 26.0 Å². The SMILES string of the molecule is C=C/C=C(/C)C(=C(C)C)c1c(N)cccc1I. The van der Waals surface area contributed by atoms with Gasteiger partial charge in [-0.3, -0.25) is 0 Å². The van der Waals surface area contributed by atoms with Crippen molar-refractivity contribution in [2.24, 2.45) is 0 Å². The summed E-state index contributed by atoms with van der Waals surface area (Å²) >= 11 is 2.33. The van der Waals surface area contributed by atoms with Gasteiger partial charge in [-0.25, -0.2) is 0 Å². The zero-order valence-electron chi connectivity index (χ0n) is 10.5. The van der Waals surface area contributed by atoms with Gasteiger partial charge in [-0.15, -0.1) is 0 Å². The van der Waals surface area contributed by atoms with Crippen LogP contribution in [0.25, 0.3) is 5.57 Å². The van der Waals surface area contributed by atoms with Gasteiger partial charge in [-0.1, -0.05) is 30.4 Å². The number of nitrogen functional groups attached to an aromatic ring is 1. The van der Waals surface area contributed by atoms with Crippen LogP contribution in [-0.2, 0) is 0 Å². The Morgan fingerprint density at radius 1 is 1.29 bits per heavy atom. The Balaban J connectivity index is 3.52. The lowest BCUT2D eigenvalue weighted by atomic mass is 9.93. The van der Waals surface area contributed by atoms with Crippen LogP contribution < -0.4 is 5.73 Å². The Bertz CT molecular complexity index is 471. The summed E-state index contributed by atoms with van der Waals surface area (Å²) < 4.78 is 1.18. The number of hydrogen-bond acceptors (Lipinski definition) is 1. The molecule has 0 spiro atoms. The van der Waals surface area contributed by atoms with Crippen LogP contribution in [0.15, 0.2) is 48.1 Å². The van der Waals surface area contributed by atoms with Crippen LogP contribution in [0.4, 0.5) is 5.69 Å². The van der Waals surface area contributed by atoms with Crippen molar-refractivity contribution in [3.05, 3.63) is 57.2 Å². The van der Waals surface area contributed by atoms with E-state index < -0.39 is 0 Å². The van der Waals surface area contributed by atoms with Crippen LogP contribution in [0, 0.1) is 3.57 Å². The molecule has 0 heterocycles. The third kappa shape index (κ3) is 3.22. The summed E-state index contributed by atoms with van der Waals surface area (Å²) in [5.41, 5.74) is 11.7. The fourth-order valence-corrected chi connectivity index (χ4v) is 2.69. The van der Waals surface area contributed by atoms with Gasteiger partial charge in [0.05, 0.1) is 0 Å². The fourth-order valence-electron chi connectivity index (χ4n) is 1.91. The fraction of sp³-hybridized carbons (Fsp3) is 0.200. The second kappa shape index (κ2) is 6.05. The first-order chi connectivity index (χ1) is 7.99. The number of benzene rings is 1. The molecule has 1 nitrogen and oxygen atoms in total. The lowest BCUT2D eigenvalue weighted by molar-refractivity contribution is 1.34. The minimum Gasteiger partial charge on any atom is -0.398 e. The number of nitrogens with two attached hydrogens (primary N) is 1. The maximum absolute atomic E-state index is 6.10. The molecule has 1 aromatic rings. The first kappa shape index (κ1) is 14.0. The van der Waals surface area contributed by atoms with Crippen LogP contribution in [0.2, 0.25) is 0 Å². The van der Waals surface area contributed by atoms with Gasteiger partial charge in [0.2, 0.25) is 0 Å². The van der Waals surface area contributed by atoms with Crippen LogP contribution >= 0.6 is 22.6 Å². The Morgan fingerprint density at radius 2 is 1.94 bits per heavy atom. The predicted molar refractivity (Wildman–Crippen MR) is 85.8 cm³/mol. The highest BCUT2D eigenvalue weighted by Crippen LogP contribution is 2.33. The first-order valence-corrected chi connectivity index (χ1v) is 6.58. The zero-order chi connectivity index (χ0) is 13.0. The molecule has 0 atom stereocenters. The molecule has 90 valence electrons. The molecule has 0 aliphatic carbocycles. The van der Waals surface area contributed by atoms with Gasteiger partial charge in [0.25, 0.3) is 0 Å². The normalized spacial score (nSPS) is 11.2. The van der Waals surface area contributed by atoms with E-state index in [-0.39, 0.29) is 0 Å². The molecule has 0 saturated heterocycles. The molecular weight excluding hydrogens is 321 g/mol. The van der Waals surface area contributed by atoms with Gasteiger partial charge < -0.3 is 5.73 Å². The standard InChI is InChI=1S/C15H18IN/c1-5-7-11(4)14(10(2)3)15-12(16)8-6-9-13(15)17/h5-9H,1,17H2,2-4H3/b11-7-. The van der Waals surface area contributed by atoms with Crippen molar-refractivity contribution < 1.29 is 0 Å². The van der Waals surface area contributed by atoms with Crippen LogP contribution in [0.1, 0.15) is 26.3 Å². The number of hydrogen-bond donors (Lipinski definition) is 1. The van der Waals surface area contributed by atoms with Crippen molar-refractivity contribution >= 4 is 33.9 Å². The minimum absolute atomic E-state index is 0.824. The predicted octanol–water partition coefficient (Wildman–Crippen LogP) is 4.80. The van der Waals surface area contributed by atoms with Crippen molar-refractivity contribution in [2.75, 3.05) is 5.73 Å². The lowest BCUT2D eigenvalue weighted by Gasteiger charge is -2.15. The van der Waals surface area contributed by atoms with Gasteiger partial charge in [0.15, 0.2) is 0 Å². The molecule has 17 heavy (non-hydrogen) atoms. The summed E-state index contributed by atoms with van der Waals surface area (Å²) in [4.78, 5) is 0. The van der Waals surface area contributed by atoms with Crippen molar-refractivity contribution in [1.82, 2.24) is 0 Å². The van der Waals surface area contributed by atoms with Gasteiger partial charge in [-0.2, -0.15) is 0 Å². The molecule has 2 heteroatoms. The van der Waals surface area contributed by atoms with E-state index in [0.29, 0.717) is 0 Å². The van der Waals surface area contributed by atoms with Gasteiger partial charge >= 0.3 is 0 Å². The quantitative estimate of drug-likeness (QED) is 0.478. The average molecular weight is 339 g/mol. The molecule has 0 aliphatic heterocycles. The average Bonchev–Trinajstić information content (AvgIpc) is 2.23. The van der Waals surface area contributed by atoms with Crippen molar-refractivity contribution in [1.29, 1.82) is 0 Å². The van der Waals surface area contributed by atoms with Crippen molar-refractivity contribution in [3.8, 4) is 0 Å². The smallest absolute Gasteiger partial charge is 0.0404 e. The van der Waals surface area contributed by atoms with E-state index in [1.807, 2.05) is 24.3 Å². The van der Waals surface area contributed by atoms with E-state index in [9.17, 15) is 0 Å². The second-order valence-electron chi connectivity index (χ2n) is 4.16. The lowest BCUT2D eigenvalue weighted by Crippen LogP contribution is -1.99. The zero-order valence-corrected chi connectivity index (χ0v) is 12.7. The Kier molecular flexibility index (Phi) is 5.00. The molecule has 0 aromatic heterocycles. The summed E-state index contributed by atoms with van der Waals surface area (Å²) in [5, 5.41) is 0. The minimum atomic E-state index is 0.824. The molecule has 0 radical (unpaired) electrons. The number of allylic oxidation sites excluding steroid dienone is 5. The maximum atomic E-state index is 6.10. The third-order valence-electron chi connectivity index (χ3n) is 2.56. The van der Waals surface area contributed by atoms with Gasteiger partial charge in [-0.05, 0) is 66.6 Å². The number of anilines is 1. The molecule has 0 aliphatic rings. The van der Waals surface area contributed by atoms with Crippen LogP contribution in [0.3, 0.4) is 0 Å². The largest absolute Gasteiger partial charge is 0.398 e. The van der Waals surface area contributed by atoms with E-state index in [0.717, 1.165) is 11.3 Å². The van der Waals surface area contributed by atoms with Gasteiger partial charge in [0.1, 0.15) is 0 Å². The highest BCUT2D eigenvalue weighted by Gasteiger charge is 2.12. The Hall–Kier alpha value is -1.03. The summed E-state index contributed by atoms with van der Waals surface area (Å²) in [6.07, 6.45) is 3.83. The van der Waals surface area contributed by atoms with E-state index in [1.165, 1.54) is 20.3 Å². The molecule has 1 aromatic carbocycles. The Morgan fingerprint density at radius 3 is 2.41 bits per heavy atom. The highest BCUT2D eigenvalue weighted by atomic mass is 127. The monoisotopic (exact) mass is 339 g/mol. The number of halogens is 1. The van der Waals surface area contributed by atoms with E-state index in [1.54, 1.807) is 0 Å². The Labute approximate surface area is 117 Å². The summed E-state index contributed by atoms with van der Waals surface area (Å²) in [6.45, 7) is 10.1. The molecule has 0 amide bonds. The van der Waals surface area contributed by atoms with E-state index in [2.05, 4.69) is 56.0 Å². The van der Waals surface area contributed by atoms with Crippen LogP contribution in [-0.4, -0.2) is 0 Å². The molecule has 2 N–H and O–H groups in total. The second-order valence-corrected chi connectivity index (χ2v) is 5.33. The third-order valence-corrected chi connectivity index (χ3v) is 3.46. The van der Waals surface area contributed by atoms with E-state index in [4.69, 9.17) is 5.73 Å². The maximum Gasteiger partial charge on any atom is 0.0404 e. The summed E-state index contributed by atoms with van der Waals surface area (Å²) in [7, 11) is 0. The molecule has 0 unspecified atom stereocenters.